The van der Waals surface area contributed by atoms with Crippen molar-refractivity contribution in [3.63, 3.8) is 0 Å². The van der Waals surface area contributed by atoms with Crippen molar-refractivity contribution in [3.8, 4) is 0 Å². The van der Waals surface area contributed by atoms with E-state index in [2.05, 4.69) is 13.2 Å². The van der Waals surface area contributed by atoms with Gasteiger partial charge in [-0.1, -0.05) is 10.6 Å². The molecule has 0 fully saturated rings. The van der Waals surface area contributed by atoms with Gasteiger partial charge in [0, 0.05) is 0 Å². The standard InChI is InChI=1S/2C3H5.Al.5ClH.Ti/c2*1-3-2;;;;;;;/h2*3H,1-2H2;;5*1H;/q;;+1;;;;;;+4/p-5. The molecule has 0 saturated heterocycles. The van der Waals surface area contributed by atoms with Crippen LogP contribution in [0.1, 0.15) is 0 Å². The van der Waals surface area contributed by atoms with Crippen molar-refractivity contribution in [1.29, 1.82) is 0 Å². The van der Waals surface area contributed by atoms with Crippen molar-refractivity contribution in [2.45, 2.75) is 10.6 Å². The third-order valence-electron chi connectivity index (χ3n) is 0.845. The number of allylic oxidation sites excluding steroid dienone is 2. The molecule has 0 unspecified atom stereocenters. The first-order valence-electron chi connectivity index (χ1n) is 3.42. The number of rotatable bonds is 4. The molecule has 0 atom stereocenters. The molecular formula is C6H10AlCl5Ti. The van der Waals surface area contributed by atoms with Crippen LogP contribution in [0.25, 0.3) is 0 Å². The van der Waals surface area contributed by atoms with Gasteiger partial charge in [0.05, 0.1) is 0 Å². The molecule has 76 valence electrons. The van der Waals surface area contributed by atoms with Gasteiger partial charge in [-0.05, 0) is 0 Å². The Morgan fingerprint density at radius 2 is 1.23 bits per heavy atom. The molecule has 0 aromatic rings. The van der Waals surface area contributed by atoms with Gasteiger partial charge < -0.3 is 0 Å². The summed E-state index contributed by atoms with van der Waals surface area (Å²) in [6.07, 6.45) is 3.76. The van der Waals surface area contributed by atoms with Gasteiger partial charge in [-0.25, -0.2) is 0 Å². The molecule has 0 aliphatic carbocycles. The van der Waals surface area contributed by atoms with E-state index in [1.54, 1.807) is 0 Å². The minimum absolute atomic E-state index is 0.966. The van der Waals surface area contributed by atoms with Crippen LogP contribution in [0.4, 0.5) is 0 Å². The van der Waals surface area contributed by atoms with Crippen molar-refractivity contribution in [3.05, 3.63) is 25.3 Å². The molecule has 0 N–H and O–H groups in total. The topological polar surface area (TPSA) is 0 Å². The zero-order valence-electron chi connectivity index (χ0n) is 6.95. The molecule has 0 radical (unpaired) electrons. The predicted molar refractivity (Wildman–Crippen MR) is 65.0 cm³/mol. The summed E-state index contributed by atoms with van der Waals surface area (Å²) >= 11 is -4.08. The SMILES string of the molecule is C=C[CH2][Al]([Cl])[CH2]C=C.[Cl][Ti]([Cl])([Cl])[Cl]. The van der Waals surface area contributed by atoms with Gasteiger partial charge in [-0.2, -0.15) is 0 Å². The Morgan fingerprint density at radius 1 is 1.00 bits per heavy atom. The average molecular weight is 334 g/mol. The molecule has 0 amide bonds. The van der Waals surface area contributed by atoms with Crippen LogP contribution in [0.5, 0.6) is 0 Å². The second-order valence-electron chi connectivity index (χ2n) is 2.07. The van der Waals surface area contributed by atoms with Crippen LogP contribution in [0, 0.1) is 0 Å². The van der Waals surface area contributed by atoms with Crippen molar-refractivity contribution >= 4 is 60.5 Å². The first-order chi connectivity index (χ1) is 5.81. The van der Waals surface area contributed by atoms with Crippen molar-refractivity contribution < 1.29 is 12.3 Å². The summed E-state index contributed by atoms with van der Waals surface area (Å²) in [5.41, 5.74) is 0. The van der Waals surface area contributed by atoms with Crippen LogP contribution < -0.4 is 0 Å². The zero-order valence-corrected chi connectivity index (χ0v) is 13.4. The van der Waals surface area contributed by atoms with Gasteiger partial charge in [0.2, 0.25) is 0 Å². The Morgan fingerprint density at radius 3 is 1.38 bits per heavy atom. The summed E-state index contributed by atoms with van der Waals surface area (Å²) in [6.45, 7) is 7.20. The molecule has 0 spiro atoms. The van der Waals surface area contributed by atoms with E-state index >= 15 is 0 Å². The first-order valence-corrected chi connectivity index (χ1v) is 15.4. The average Bonchev–Trinajstić information content (AvgIpc) is 1.84. The van der Waals surface area contributed by atoms with E-state index in [9.17, 15) is 0 Å². The van der Waals surface area contributed by atoms with E-state index in [-0.39, 0.29) is 0 Å². The number of hydrogen-bond acceptors (Lipinski definition) is 0. The van der Waals surface area contributed by atoms with Gasteiger partial charge in [0.1, 0.15) is 0 Å². The molecule has 0 aliphatic heterocycles. The molecule has 0 rings (SSSR count). The Labute approximate surface area is 107 Å². The third-order valence-corrected chi connectivity index (χ3v) is 3.60. The molecule has 0 saturated carbocycles. The van der Waals surface area contributed by atoms with E-state index in [4.69, 9.17) is 47.3 Å². The van der Waals surface area contributed by atoms with Crippen molar-refractivity contribution in [2.75, 3.05) is 0 Å². The molecule has 0 aliphatic rings. The van der Waals surface area contributed by atoms with Crippen LogP contribution in [-0.4, -0.2) is 13.2 Å². The van der Waals surface area contributed by atoms with Gasteiger partial charge in [-0.15, -0.1) is 25.3 Å². The van der Waals surface area contributed by atoms with Gasteiger partial charge in [0.25, 0.3) is 0 Å². The predicted octanol–water partition coefficient (Wildman–Crippen LogP) is 5.34. The molecule has 0 heterocycles. The molecular weight excluding hydrogens is 324 g/mol. The first kappa shape index (κ1) is 17.6. The maximum atomic E-state index is 5.88. The van der Waals surface area contributed by atoms with Gasteiger partial charge in [-0.3, -0.25) is 10.0 Å². The van der Waals surface area contributed by atoms with Crippen LogP contribution in [0.3, 0.4) is 0 Å². The van der Waals surface area contributed by atoms with Crippen LogP contribution in [0.15, 0.2) is 25.3 Å². The summed E-state index contributed by atoms with van der Waals surface area (Å²) in [5, 5.41) is 2.02. The molecule has 0 aromatic heterocycles. The molecule has 0 aromatic carbocycles. The minimum atomic E-state index is -3.11. The second kappa shape index (κ2) is 10.7. The van der Waals surface area contributed by atoms with E-state index in [0.29, 0.717) is 0 Å². The van der Waals surface area contributed by atoms with Crippen molar-refractivity contribution in [2.24, 2.45) is 0 Å². The van der Waals surface area contributed by atoms with E-state index in [1.807, 2.05) is 12.2 Å². The molecule has 0 bridgehead atoms. The molecule has 13 heavy (non-hydrogen) atoms. The fourth-order valence-corrected chi connectivity index (χ4v) is 2.13. The van der Waals surface area contributed by atoms with E-state index in [1.165, 1.54) is 0 Å². The van der Waals surface area contributed by atoms with E-state index in [0.717, 1.165) is 10.6 Å². The number of hydrogen-bond donors (Lipinski definition) is 0. The van der Waals surface area contributed by atoms with Crippen molar-refractivity contribution in [1.82, 2.24) is 0 Å². The fraction of sp³-hybridized carbons (Fsp3) is 0.333. The van der Waals surface area contributed by atoms with Crippen LogP contribution in [-0.2, 0) is 12.3 Å². The summed E-state index contributed by atoms with van der Waals surface area (Å²) in [7, 11) is 25.9. The van der Waals surface area contributed by atoms with Crippen LogP contribution >= 0.6 is 47.3 Å². The monoisotopic (exact) mass is 332 g/mol. The zero-order chi connectivity index (χ0) is 10.9. The third kappa shape index (κ3) is 31.4. The van der Waals surface area contributed by atoms with Gasteiger partial charge in [0.15, 0.2) is 0 Å². The Balaban J connectivity index is 0. The maximum absolute atomic E-state index is 5.88. The molecule has 7 heteroatoms. The quantitative estimate of drug-likeness (QED) is 0.481. The van der Waals surface area contributed by atoms with Gasteiger partial charge >= 0.3 is 62.8 Å². The summed E-state index contributed by atoms with van der Waals surface area (Å²) in [5.74, 6) is 0. The normalized spacial score (nSPS) is 9.62. The summed E-state index contributed by atoms with van der Waals surface area (Å²) in [4.78, 5) is 0. The fourth-order valence-electron chi connectivity index (χ4n) is 0.458. The second-order valence-corrected chi connectivity index (χ2v) is 21.5. The van der Waals surface area contributed by atoms with E-state index < -0.39 is 25.6 Å². The molecule has 0 nitrogen and oxygen atoms in total. The summed E-state index contributed by atoms with van der Waals surface area (Å²) in [6, 6.07) is 0. The Bertz CT molecular complexity index is 130. The summed E-state index contributed by atoms with van der Waals surface area (Å²) < 4.78 is 0. The Kier molecular flexibility index (Phi) is 14.4. The van der Waals surface area contributed by atoms with Crippen LogP contribution in [0.2, 0.25) is 10.6 Å². The number of halogens is 5. The Hall–Kier alpha value is 2.18.